The van der Waals surface area contributed by atoms with E-state index in [1.54, 1.807) is 5.56 Å². The molecule has 116 valence electrons. The summed E-state index contributed by atoms with van der Waals surface area (Å²) in [5, 5.41) is 4.89. The molecule has 2 heteroatoms. The van der Waals surface area contributed by atoms with E-state index in [1.165, 1.54) is 50.7 Å². The minimum absolute atomic E-state index is 0.778. The summed E-state index contributed by atoms with van der Waals surface area (Å²) in [5.41, 5.74) is 1.55. The van der Waals surface area contributed by atoms with Crippen LogP contribution < -0.4 is 5.32 Å². The first-order valence-electron chi connectivity index (χ1n) is 8.77. The molecule has 0 radical (unpaired) electrons. The fourth-order valence-electron chi connectivity index (χ4n) is 4.13. The maximum atomic E-state index is 3.96. The molecule has 0 aromatic heterocycles. The maximum Gasteiger partial charge on any atom is 0.00805 e. The van der Waals surface area contributed by atoms with Gasteiger partial charge in [-0.2, -0.15) is 11.8 Å². The Kier molecular flexibility index (Phi) is 5.65. The van der Waals surface area contributed by atoms with Gasteiger partial charge < -0.3 is 5.32 Å². The van der Waals surface area contributed by atoms with Gasteiger partial charge in [-0.3, -0.25) is 0 Å². The van der Waals surface area contributed by atoms with Crippen molar-refractivity contribution in [3.63, 3.8) is 0 Å². The summed E-state index contributed by atoms with van der Waals surface area (Å²) < 4.78 is 0. The zero-order valence-electron chi connectivity index (χ0n) is 13.3. The predicted octanol–water partition coefficient (Wildman–Crippen LogP) is 4.98. The number of benzene rings is 1. The third-order valence-electron chi connectivity index (χ3n) is 5.26. The fourth-order valence-corrected chi connectivity index (χ4v) is 5.27. The molecule has 2 atom stereocenters. The van der Waals surface area contributed by atoms with E-state index in [1.807, 2.05) is 0 Å². The molecule has 2 fully saturated rings. The average Bonchev–Trinajstić information content (AvgIpc) is 2.97. The van der Waals surface area contributed by atoms with Crippen molar-refractivity contribution in [3.05, 3.63) is 35.9 Å². The van der Waals surface area contributed by atoms with Gasteiger partial charge in [-0.25, -0.2) is 0 Å². The van der Waals surface area contributed by atoms with Crippen molar-refractivity contribution >= 4 is 11.8 Å². The van der Waals surface area contributed by atoms with E-state index in [0.29, 0.717) is 0 Å². The van der Waals surface area contributed by atoms with Gasteiger partial charge in [0, 0.05) is 17.3 Å². The standard InChI is InChI=1S/C19H29NS/c1-2-21-19-13-12-18(14-19)20-17-10-8-16(9-11-17)15-6-4-3-5-7-15/h3-7,16-20H,2,8-14H2,1H3. The van der Waals surface area contributed by atoms with E-state index in [2.05, 4.69) is 54.3 Å². The Hall–Kier alpha value is -0.470. The van der Waals surface area contributed by atoms with Gasteiger partial charge in [0.1, 0.15) is 0 Å². The number of thioether (sulfide) groups is 1. The molecular formula is C19H29NS. The van der Waals surface area contributed by atoms with Crippen molar-refractivity contribution in [3.8, 4) is 0 Å². The van der Waals surface area contributed by atoms with E-state index in [4.69, 9.17) is 0 Å². The van der Waals surface area contributed by atoms with Crippen molar-refractivity contribution in [2.24, 2.45) is 0 Å². The van der Waals surface area contributed by atoms with E-state index >= 15 is 0 Å². The molecule has 1 nitrogen and oxygen atoms in total. The number of nitrogens with one attached hydrogen (secondary N) is 1. The Morgan fingerprint density at radius 2 is 1.67 bits per heavy atom. The van der Waals surface area contributed by atoms with Gasteiger partial charge in [-0.15, -0.1) is 0 Å². The van der Waals surface area contributed by atoms with Gasteiger partial charge in [0.15, 0.2) is 0 Å². The quantitative estimate of drug-likeness (QED) is 0.823. The third kappa shape index (κ3) is 4.26. The van der Waals surface area contributed by atoms with Gasteiger partial charge in [0.25, 0.3) is 0 Å². The highest BCUT2D eigenvalue weighted by Crippen LogP contribution is 2.35. The smallest absolute Gasteiger partial charge is 0.00805 e. The maximum absolute atomic E-state index is 3.96. The highest BCUT2D eigenvalue weighted by molar-refractivity contribution is 7.99. The summed E-state index contributed by atoms with van der Waals surface area (Å²) >= 11 is 2.16. The summed E-state index contributed by atoms with van der Waals surface area (Å²) in [6.07, 6.45) is 9.68. The van der Waals surface area contributed by atoms with Crippen LogP contribution in [0.25, 0.3) is 0 Å². The first-order valence-corrected chi connectivity index (χ1v) is 9.82. The second-order valence-corrected chi connectivity index (χ2v) is 8.29. The molecule has 2 unspecified atom stereocenters. The largest absolute Gasteiger partial charge is 0.311 e. The Balaban J connectivity index is 1.42. The van der Waals surface area contributed by atoms with Crippen LogP contribution in [0.5, 0.6) is 0 Å². The molecule has 21 heavy (non-hydrogen) atoms. The van der Waals surface area contributed by atoms with Gasteiger partial charge in [0.05, 0.1) is 0 Å². The van der Waals surface area contributed by atoms with Gasteiger partial charge in [0.2, 0.25) is 0 Å². The van der Waals surface area contributed by atoms with Gasteiger partial charge >= 0.3 is 0 Å². The molecule has 2 aliphatic rings. The Labute approximate surface area is 134 Å². The Morgan fingerprint density at radius 1 is 0.952 bits per heavy atom. The number of rotatable bonds is 5. The molecule has 0 amide bonds. The van der Waals surface area contributed by atoms with Crippen molar-refractivity contribution in [2.75, 3.05) is 5.75 Å². The summed E-state index contributed by atoms with van der Waals surface area (Å²) in [4.78, 5) is 0. The van der Waals surface area contributed by atoms with E-state index in [-0.39, 0.29) is 0 Å². The van der Waals surface area contributed by atoms with Crippen LogP contribution in [0.3, 0.4) is 0 Å². The number of hydrogen-bond donors (Lipinski definition) is 1. The lowest BCUT2D eigenvalue weighted by molar-refractivity contribution is 0.314. The SMILES string of the molecule is CCSC1CCC(NC2CCC(c3ccccc3)CC2)C1. The molecule has 0 spiro atoms. The Bertz CT molecular complexity index is 411. The highest BCUT2D eigenvalue weighted by atomic mass is 32.2. The van der Waals surface area contributed by atoms with E-state index < -0.39 is 0 Å². The van der Waals surface area contributed by atoms with Crippen molar-refractivity contribution in [1.82, 2.24) is 5.32 Å². The van der Waals surface area contributed by atoms with Gasteiger partial charge in [-0.1, -0.05) is 37.3 Å². The second-order valence-electron chi connectivity index (χ2n) is 6.71. The molecule has 3 rings (SSSR count). The van der Waals surface area contributed by atoms with Crippen LogP contribution in [0, 0.1) is 0 Å². The topological polar surface area (TPSA) is 12.0 Å². The van der Waals surface area contributed by atoms with E-state index in [9.17, 15) is 0 Å². The van der Waals surface area contributed by atoms with Crippen molar-refractivity contribution in [2.45, 2.75) is 75.1 Å². The molecule has 2 aliphatic carbocycles. The molecule has 1 aromatic carbocycles. The predicted molar refractivity (Wildman–Crippen MR) is 94.1 cm³/mol. The fraction of sp³-hybridized carbons (Fsp3) is 0.684. The molecule has 2 saturated carbocycles. The molecule has 0 heterocycles. The lowest BCUT2D eigenvalue weighted by Gasteiger charge is -2.31. The summed E-state index contributed by atoms with van der Waals surface area (Å²) in [7, 11) is 0. The molecular weight excluding hydrogens is 274 g/mol. The van der Waals surface area contributed by atoms with Crippen LogP contribution in [0.15, 0.2) is 30.3 Å². The lowest BCUT2D eigenvalue weighted by atomic mass is 9.81. The minimum Gasteiger partial charge on any atom is -0.311 e. The minimum atomic E-state index is 0.778. The van der Waals surface area contributed by atoms with Crippen molar-refractivity contribution < 1.29 is 0 Å². The van der Waals surface area contributed by atoms with Crippen LogP contribution in [0.1, 0.15) is 63.4 Å². The molecule has 0 saturated heterocycles. The number of hydrogen-bond acceptors (Lipinski definition) is 2. The van der Waals surface area contributed by atoms with Gasteiger partial charge in [-0.05, 0) is 62.2 Å². The molecule has 1 N–H and O–H groups in total. The monoisotopic (exact) mass is 303 g/mol. The van der Waals surface area contributed by atoms with Crippen LogP contribution in [0.2, 0.25) is 0 Å². The zero-order valence-corrected chi connectivity index (χ0v) is 14.1. The van der Waals surface area contributed by atoms with Crippen LogP contribution in [-0.2, 0) is 0 Å². The Morgan fingerprint density at radius 3 is 2.38 bits per heavy atom. The van der Waals surface area contributed by atoms with E-state index in [0.717, 1.165) is 23.3 Å². The van der Waals surface area contributed by atoms with Crippen LogP contribution in [0.4, 0.5) is 0 Å². The first-order chi connectivity index (χ1) is 10.3. The molecule has 1 aromatic rings. The second kappa shape index (κ2) is 7.69. The summed E-state index contributed by atoms with van der Waals surface area (Å²) in [6, 6.07) is 12.7. The first kappa shape index (κ1) is 15.4. The molecule has 0 aliphatic heterocycles. The zero-order chi connectivity index (χ0) is 14.5. The van der Waals surface area contributed by atoms with Crippen LogP contribution in [-0.4, -0.2) is 23.1 Å². The molecule has 0 bridgehead atoms. The highest BCUT2D eigenvalue weighted by Gasteiger charge is 2.28. The average molecular weight is 304 g/mol. The normalized spacial score (nSPS) is 33.2. The summed E-state index contributed by atoms with van der Waals surface area (Å²) in [6.45, 7) is 2.29. The van der Waals surface area contributed by atoms with Crippen LogP contribution >= 0.6 is 11.8 Å². The summed E-state index contributed by atoms with van der Waals surface area (Å²) in [5.74, 6) is 2.08. The van der Waals surface area contributed by atoms with Crippen molar-refractivity contribution in [1.29, 1.82) is 0 Å². The lowest BCUT2D eigenvalue weighted by Crippen LogP contribution is -2.39. The third-order valence-corrected chi connectivity index (χ3v) is 6.49.